The first-order chi connectivity index (χ1) is 11.3. The van der Waals surface area contributed by atoms with Crippen LogP contribution >= 0.6 is 0 Å². The summed E-state index contributed by atoms with van der Waals surface area (Å²) in [5.41, 5.74) is 5.13. The number of aliphatic hydroxyl groups excluding tert-OH is 1. The van der Waals surface area contributed by atoms with Gasteiger partial charge in [-0.25, -0.2) is 0 Å². The van der Waals surface area contributed by atoms with Crippen molar-refractivity contribution in [1.29, 1.82) is 5.41 Å². The molecule has 10 heteroatoms. The van der Waals surface area contributed by atoms with Crippen LogP contribution in [0.1, 0.15) is 38.5 Å². The van der Waals surface area contributed by atoms with Gasteiger partial charge in [-0.15, -0.1) is 0 Å². The fourth-order valence-corrected chi connectivity index (χ4v) is 1.80. The molecule has 0 spiro atoms. The number of carboxylic acids is 1. The number of guanidine groups is 1. The molecular weight excluding hydrogens is 318 g/mol. The minimum Gasteiger partial charge on any atom is -0.481 e. The Kier molecular flexibility index (Phi) is 11.8. The zero-order valence-corrected chi connectivity index (χ0v) is 13.6. The van der Waals surface area contributed by atoms with Crippen LogP contribution in [0, 0.1) is 5.41 Å². The van der Waals surface area contributed by atoms with Gasteiger partial charge in [0, 0.05) is 26.1 Å². The number of nitrogens with one attached hydrogen (secondary N) is 4. The Bertz CT molecular complexity index is 430. The van der Waals surface area contributed by atoms with Crippen LogP contribution in [-0.4, -0.2) is 59.7 Å². The lowest BCUT2D eigenvalue weighted by molar-refractivity contribution is -0.137. The summed E-state index contributed by atoms with van der Waals surface area (Å²) in [5, 5.41) is 32.6. The van der Waals surface area contributed by atoms with E-state index in [2.05, 4.69) is 16.0 Å². The minimum absolute atomic E-state index is 0.00569. The summed E-state index contributed by atoms with van der Waals surface area (Å²) in [6, 6.07) is 0. The van der Waals surface area contributed by atoms with Crippen LogP contribution in [0.4, 0.5) is 0 Å². The fraction of sp³-hybridized carbons (Fsp3) is 0.714. The lowest BCUT2D eigenvalue weighted by atomic mass is 10.2. The quantitative estimate of drug-likeness (QED) is 0.120. The zero-order valence-electron chi connectivity index (χ0n) is 13.6. The van der Waals surface area contributed by atoms with Crippen LogP contribution < -0.4 is 21.7 Å². The Morgan fingerprint density at radius 1 is 0.958 bits per heavy atom. The molecule has 0 aromatic heterocycles. The molecule has 138 valence electrons. The van der Waals surface area contributed by atoms with Crippen molar-refractivity contribution in [2.24, 2.45) is 5.73 Å². The van der Waals surface area contributed by atoms with Gasteiger partial charge in [-0.05, 0) is 12.8 Å². The first-order valence-corrected chi connectivity index (χ1v) is 7.82. The second kappa shape index (κ2) is 13.1. The number of carboxylic acid groups (broad SMARTS) is 1. The fourth-order valence-electron chi connectivity index (χ4n) is 1.80. The van der Waals surface area contributed by atoms with Gasteiger partial charge in [-0.3, -0.25) is 19.8 Å². The van der Waals surface area contributed by atoms with Crippen LogP contribution in [0.3, 0.4) is 0 Å². The van der Waals surface area contributed by atoms with Gasteiger partial charge in [0.15, 0.2) is 5.96 Å². The molecular formula is C14H27N5O5. The van der Waals surface area contributed by atoms with Gasteiger partial charge in [-0.2, -0.15) is 0 Å². The van der Waals surface area contributed by atoms with E-state index in [4.69, 9.17) is 16.2 Å². The van der Waals surface area contributed by atoms with Gasteiger partial charge in [0.1, 0.15) is 0 Å². The standard InChI is InChI=1S/C14H27N5O5/c15-14(16)18-6-3-1-2-4-11(21)19-9-10(20)8-12(22)17-7-5-13(23)24/h10,20H,1-9H2,(H,17,22)(H,19,21)(H,23,24)(H4,15,16,18). The lowest BCUT2D eigenvalue weighted by Crippen LogP contribution is -2.36. The lowest BCUT2D eigenvalue weighted by Gasteiger charge is -2.12. The molecule has 0 aliphatic carbocycles. The van der Waals surface area contributed by atoms with Crippen LogP contribution in [0.15, 0.2) is 0 Å². The molecule has 2 amide bonds. The van der Waals surface area contributed by atoms with Crippen molar-refractivity contribution < 1.29 is 24.6 Å². The SMILES string of the molecule is N=C(N)NCCCCCC(=O)NCC(O)CC(=O)NCCC(=O)O. The highest BCUT2D eigenvalue weighted by atomic mass is 16.4. The van der Waals surface area contributed by atoms with Gasteiger partial charge in [-0.1, -0.05) is 6.42 Å². The van der Waals surface area contributed by atoms with Crippen molar-refractivity contribution in [3.05, 3.63) is 0 Å². The number of rotatable bonds is 13. The molecule has 10 nitrogen and oxygen atoms in total. The summed E-state index contributed by atoms with van der Waals surface area (Å²) in [7, 11) is 0. The number of unbranched alkanes of at least 4 members (excludes halogenated alkanes) is 2. The molecule has 0 rings (SSSR count). The van der Waals surface area contributed by atoms with Crippen molar-refractivity contribution in [2.75, 3.05) is 19.6 Å². The normalized spacial score (nSPS) is 11.4. The average molecular weight is 345 g/mol. The van der Waals surface area contributed by atoms with E-state index in [9.17, 15) is 19.5 Å². The van der Waals surface area contributed by atoms with Gasteiger partial charge in [0.25, 0.3) is 0 Å². The molecule has 0 aliphatic rings. The molecule has 0 saturated heterocycles. The average Bonchev–Trinajstić information content (AvgIpc) is 2.48. The van der Waals surface area contributed by atoms with Gasteiger partial charge in [0.2, 0.25) is 11.8 Å². The number of aliphatic hydroxyl groups is 1. The molecule has 0 bridgehead atoms. The highest BCUT2D eigenvalue weighted by molar-refractivity contribution is 5.78. The van der Waals surface area contributed by atoms with E-state index in [1.165, 1.54) is 0 Å². The summed E-state index contributed by atoms with van der Waals surface area (Å²) in [5.74, 6) is -1.76. The molecule has 0 aromatic carbocycles. The molecule has 0 fully saturated rings. The summed E-state index contributed by atoms with van der Waals surface area (Å²) < 4.78 is 0. The van der Waals surface area contributed by atoms with Crippen molar-refractivity contribution >= 4 is 23.7 Å². The Labute approximate surface area is 140 Å². The predicted octanol–water partition coefficient (Wildman–Crippen LogP) is -1.51. The summed E-state index contributed by atoms with van der Waals surface area (Å²) >= 11 is 0. The minimum atomic E-state index is -1.02. The molecule has 0 heterocycles. The van der Waals surface area contributed by atoms with Crippen molar-refractivity contribution in [1.82, 2.24) is 16.0 Å². The third kappa shape index (κ3) is 14.6. The maximum atomic E-state index is 11.6. The molecule has 1 atom stereocenters. The smallest absolute Gasteiger partial charge is 0.305 e. The van der Waals surface area contributed by atoms with E-state index in [0.717, 1.165) is 12.8 Å². The maximum Gasteiger partial charge on any atom is 0.305 e. The molecule has 1 unspecified atom stereocenters. The zero-order chi connectivity index (χ0) is 18.4. The third-order valence-electron chi connectivity index (χ3n) is 3.01. The first kappa shape index (κ1) is 21.6. The van der Waals surface area contributed by atoms with Crippen molar-refractivity contribution in [3.8, 4) is 0 Å². The number of aliphatic carboxylic acids is 1. The van der Waals surface area contributed by atoms with Crippen LogP contribution in [0.25, 0.3) is 0 Å². The molecule has 0 saturated carbocycles. The third-order valence-corrected chi connectivity index (χ3v) is 3.01. The van der Waals surface area contributed by atoms with Crippen LogP contribution in [-0.2, 0) is 14.4 Å². The summed E-state index contributed by atoms with van der Waals surface area (Å²) in [6.07, 6.45) is 1.21. The van der Waals surface area contributed by atoms with E-state index < -0.39 is 18.0 Å². The maximum absolute atomic E-state index is 11.6. The van der Waals surface area contributed by atoms with Gasteiger partial charge in [0.05, 0.1) is 18.9 Å². The molecule has 0 aromatic rings. The Hall–Kier alpha value is -2.36. The highest BCUT2D eigenvalue weighted by Crippen LogP contribution is 1.99. The molecule has 0 aliphatic heterocycles. The van der Waals surface area contributed by atoms with E-state index in [1.807, 2.05) is 0 Å². The van der Waals surface area contributed by atoms with Crippen molar-refractivity contribution in [3.63, 3.8) is 0 Å². The van der Waals surface area contributed by atoms with Crippen LogP contribution in [0.2, 0.25) is 0 Å². The van der Waals surface area contributed by atoms with Gasteiger partial charge < -0.3 is 31.9 Å². The molecule has 24 heavy (non-hydrogen) atoms. The highest BCUT2D eigenvalue weighted by Gasteiger charge is 2.12. The molecule has 8 N–H and O–H groups in total. The largest absolute Gasteiger partial charge is 0.481 e. The Morgan fingerprint density at radius 2 is 1.67 bits per heavy atom. The first-order valence-electron chi connectivity index (χ1n) is 7.82. The second-order valence-corrected chi connectivity index (χ2v) is 5.31. The number of hydrogen-bond donors (Lipinski definition) is 7. The van der Waals surface area contributed by atoms with E-state index in [0.29, 0.717) is 19.4 Å². The number of nitrogens with two attached hydrogens (primary N) is 1. The van der Waals surface area contributed by atoms with Crippen molar-refractivity contribution in [2.45, 2.75) is 44.6 Å². The number of amides is 2. The second-order valence-electron chi connectivity index (χ2n) is 5.31. The molecule has 0 radical (unpaired) electrons. The Morgan fingerprint density at radius 3 is 2.29 bits per heavy atom. The van der Waals surface area contributed by atoms with E-state index in [-0.39, 0.29) is 37.8 Å². The number of carbonyl (C=O) groups excluding carboxylic acids is 2. The van der Waals surface area contributed by atoms with E-state index in [1.54, 1.807) is 0 Å². The number of carbonyl (C=O) groups is 3. The van der Waals surface area contributed by atoms with E-state index >= 15 is 0 Å². The topological polar surface area (TPSA) is 178 Å². The number of hydrogen-bond acceptors (Lipinski definition) is 5. The summed E-state index contributed by atoms with van der Waals surface area (Å²) in [4.78, 5) is 33.2. The summed E-state index contributed by atoms with van der Waals surface area (Å²) in [6.45, 7) is 0.565. The Balaban J connectivity index is 3.61. The monoisotopic (exact) mass is 345 g/mol. The van der Waals surface area contributed by atoms with Crippen LogP contribution in [0.5, 0.6) is 0 Å². The van der Waals surface area contributed by atoms with Gasteiger partial charge >= 0.3 is 5.97 Å². The predicted molar refractivity (Wildman–Crippen MR) is 87.3 cm³/mol.